The first-order valence-corrected chi connectivity index (χ1v) is 7.25. The molecule has 0 radical (unpaired) electrons. The molecule has 0 atom stereocenters. The summed E-state index contributed by atoms with van der Waals surface area (Å²) in [7, 11) is 0. The van der Waals surface area contributed by atoms with Crippen LogP contribution in [0.2, 0.25) is 0 Å². The summed E-state index contributed by atoms with van der Waals surface area (Å²) in [5.74, 6) is 1.70. The summed E-state index contributed by atoms with van der Waals surface area (Å²) in [6.07, 6.45) is 1.20. The lowest BCUT2D eigenvalue weighted by molar-refractivity contribution is 0.310. The Balaban J connectivity index is 1.88. The van der Waals surface area contributed by atoms with E-state index in [1.807, 2.05) is 0 Å². The summed E-state index contributed by atoms with van der Waals surface area (Å²) < 4.78 is 0. The molecule has 1 aromatic rings. The molecule has 0 amide bonds. The maximum Gasteiger partial charge on any atom is 0.0369 e. The molecule has 1 aliphatic heterocycles. The molecule has 2 heteroatoms. The molecule has 2 rings (SSSR count). The van der Waals surface area contributed by atoms with Gasteiger partial charge in [-0.05, 0) is 42.5 Å². The average Bonchev–Trinajstić information content (AvgIpc) is 2.27. The van der Waals surface area contributed by atoms with Crippen molar-refractivity contribution < 1.29 is 0 Å². The normalized spacial score (nSPS) is 16.1. The standard InChI is InChI=1S/C16H26N2/c1-4-8-17-10-14-6-5-7-16(9-14)18-11-15(12-18)13(2)3/h5-7,9,13,15,17H,4,8,10-12H2,1-3H3. The fourth-order valence-electron chi connectivity index (χ4n) is 2.42. The molecular weight excluding hydrogens is 220 g/mol. The van der Waals surface area contributed by atoms with Crippen LogP contribution in [0.1, 0.15) is 32.8 Å². The predicted octanol–water partition coefficient (Wildman–Crippen LogP) is 3.28. The van der Waals surface area contributed by atoms with Gasteiger partial charge in [0.25, 0.3) is 0 Å². The monoisotopic (exact) mass is 246 g/mol. The summed E-state index contributed by atoms with van der Waals surface area (Å²) in [5, 5.41) is 3.46. The van der Waals surface area contributed by atoms with Gasteiger partial charge in [0.2, 0.25) is 0 Å². The van der Waals surface area contributed by atoms with Crippen LogP contribution in [0.15, 0.2) is 24.3 Å². The van der Waals surface area contributed by atoms with Crippen molar-refractivity contribution in [1.82, 2.24) is 5.32 Å². The Hall–Kier alpha value is -1.02. The van der Waals surface area contributed by atoms with Crippen LogP contribution in [0.5, 0.6) is 0 Å². The molecule has 1 aromatic carbocycles. The molecule has 1 saturated heterocycles. The summed E-state index contributed by atoms with van der Waals surface area (Å²) in [5.41, 5.74) is 2.79. The van der Waals surface area contributed by atoms with Gasteiger partial charge in [0.15, 0.2) is 0 Å². The van der Waals surface area contributed by atoms with E-state index < -0.39 is 0 Å². The van der Waals surface area contributed by atoms with Crippen molar-refractivity contribution in [2.75, 3.05) is 24.5 Å². The minimum Gasteiger partial charge on any atom is -0.371 e. The van der Waals surface area contributed by atoms with E-state index >= 15 is 0 Å². The average molecular weight is 246 g/mol. The number of nitrogens with one attached hydrogen (secondary N) is 1. The summed E-state index contributed by atoms with van der Waals surface area (Å²) >= 11 is 0. The lowest BCUT2D eigenvalue weighted by Gasteiger charge is -2.43. The molecular formula is C16H26N2. The molecule has 0 aliphatic carbocycles. The quantitative estimate of drug-likeness (QED) is 0.775. The van der Waals surface area contributed by atoms with Gasteiger partial charge in [0.1, 0.15) is 0 Å². The Morgan fingerprint density at radius 1 is 1.33 bits per heavy atom. The Morgan fingerprint density at radius 2 is 2.11 bits per heavy atom. The summed E-state index contributed by atoms with van der Waals surface area (Å²) in [6.45, 7) is 11.4. The third-order valence-corrected chi connectivity index (χ3v) is 3.88. The molecule has 0 saturated carbocycles. The fraction of sp³-hybridized carbons (Fsp3) is 0.625. The summed E-state index contributed by atoms with van der Waals surface area (Å²) in [6, 6.07) is 8.96. The number of hydrogen-bond acceptors (Lipinski definition) is 2. The zero-order chi connectivity index (χ0) is 13.0. The second kappa shape index (κ2) is 6.24. The van der Waals surface area contributed by atoms with Gasteiger partial charge in [0, 0.05) is 25.3 Å². The van der Waals surface area contributed by atoms with Crippen LogP contribution in [0.25, 0.3) is 0 Å². The van der Waals surface area contributed by atoms with E-state index in [9.17, 15) is 0 Å². The van der Waals surface area contributed by atoms with E-state index in [2.05, 4.69) is 55.3 Å². The van der Waals surface area contributed by atoms with Gasteiger partial charge in [-0.2, -0.15) is 0 Å². The lowest BCUT2D eigenvalue weighted by Crippen LogP contribution is -2.49. The van der Waals surface area contributed by atoms with Gasteiger partial charge in [0.05, 0.1) is 0 Å². The molecule has 0 unspecified atom stereocenters. The van der Waals surface area contributed by atoms with Crippen molar-refractivity contribution in [3.63, 3.8) is 0 Å². The van der Waals surface area contributed by atoms with Crippen LogP contribution < -0.4 is 10.2 Å². The highest BCUT2D eigenvalue weighted by Crippen LogP contribution is 2.29. The first kappa shape index (κ1) is 13.4. The minimum atomic E-state index is 0.815. The second-order valence-corrected chi connectivity index (χ2v) is 5.76. The maximum absolute atomic E-state index is 3.46. The number of hydrogen-bond donors (Lipinski definition) is 1. The number of rotatable bonds is 6. The van der Waals surface area contributed by atoms with E-state index in [1.54, 1.807) is 0 Å². The van der Waals surface area contributed by atoms with Gasteiger partial charge in [-0.15, -0.1) is 0 Å². The fourth-order valence-corrected chi connectivity index (χ4v) is 2.42. The molecule has 18 heavy (non-hydrogen) atoms. The lowest BCUT2D eigenvalue weighted by atomic mass is 9.88. The van der Waals surface area contributed by atoms with Crippen LogP contribution in [-0.4, -0.2) is 19.6 Å². The van der Waals surface area contributed by atoms with Crippen LogP contribution in [-0.2, 0) is 6.54 Å². The first-order valence-electron chi connectivity index (χ1n) is 7.25. The SMILES string of the molecule is CCCNCc1cccc(N2CC(C(C)C)C2)c1. The maximum atomic E-state index is 3.46. The Labute approximate surface area is 111 Å². The van der Waals surface area contributed by atoms with E-state index in [1.165, 1.54) is 30.8 Å². The van der Waals surface area contributed by atoms with Gasteiger partial charge in [-0.3, -0.25) is 0 Å². The molecule has 1 fully saturated rings. The zero-order valence-corrected chi connectivity index (χ0v) is 11.9. The van der Waals surface area contributed by atoms with Crippen LogP contribution >= 0.6 is 0 Å². The van der Waals surface area contributed by atoms with Gasteiger partial charge in [-0.25, -0.2) is 0 Å². The van der Waals surface area contributed by atoms with Crippen molar-refractivity contribution >= 4 is 5.69 Å². The highest BCUT2D eigenvalue weighted by molar-refractivity contribution is 5.50. The third kappa shape index (κ3) is 3.26. The Bertz CT molecular complexity index is 367. The molecule has 1 N–H and O–H groups in total. The number of benzene rings is 1. The van der Waals surface area contributed by atoms with Gasteiger partial charge in [-0.1, -0.05) is 32.9 Å². The molecule has 2 nitrogen and oxygen atoms in total. The van der Waals surface area contributed by atoms with Crippen LogP contribution in [0.3, 0.4) is 0 Å². The van der Waals surface area contributed by atoms with E-state index in [0.717, 1.165) is 24.9 Å². The highest BCUT2D eigenvalue weighted by Gasteiger charge is 2.28. The molecule has 0 aromatic heterocycles. The molecule has 100 valence electrons. The smallest absolute Gasteiger partial charge is 0.0369 e. The topological polar surface area (TPSA) is 15.3 Å². The Morgan fingerprint density at radius 3 is 2.78 bits per heavy atom. The zero-order valence-electron chi connectivity index (χ0n) is 11.9. The van der Waals surface area contributed by atoms with Gasteiger partial charge >= 0.3 is 0 Å². The minimum absolute atomic E-state index is 0.815. The summed E-state index contributed by atoms with van der Waals surface area (Å²) in [4.78, 5) is 2.49. The van der Waals surface area contributed by atoms with Crippen LogP contribution in [0, 0.1) is 11.8 Å². The molecule has 0 bridgehead atoms. The number of nitrogens with zero attached hydrogens (tertiary/aromatic N) is 1. The predicted molar refractivity (Wildman–Crippen MR) is 79.0 cm³/mol. The van der Waals surface area contributed by atoms with E-state index in [4.69, 9.17) is 0 Å². The van der Waals surface area contributed by atoms with Crippen molar-refractivity contribution in [2.24, 2.45) is 11.8 Å². The van der Waals surface area contributed by atoms with Crippen molar-refractivity contribution in [2.45, 2.75) is 33.7 Å². The van der Waals surface area contributed by atoms with Crippen molar-refractivity contribution in [3.05, 3.63) is 29.8 Å². The van der Waals surface area contributed by atoms with E-state index in [-0.39, 0.29) is 0 Å². The van der Waals surface area contributed by atoms with Crippen molar-refractivity contribution in [3.8, 4) is 0 Å². The molecule has 1 aliphatic rings. The molecule has 1 heterocycles. The molecule has 0 spiro atoms. The third-order valence-electron chi connectivity index (χ3n) is 3.88. The highest BCUT2D eigenvalue weighted by atomic mass is 15.2. The Kier molecular flexibility index (Phi) is 4.65. The van der Waals surface area contributed by atoms with E-state index in [0.29, 0.717) is 0 Å². The second-order valence-electron chi connectivity index (χ2n) is 5.76. The van der Waals surface area contributed by atoms with Crippen molar-refractivity contribution in [1.29, 1.82) is 0 Å². The first-order chi connectivity index (χ1) is 8.70. The number of anilines is 1. The van der Waals surface area contributed by atoms with Gasteiger partial charge < -0.3 is 10.2 Å². The van der Waals surface area contributed by atoms with Crippen LogP contribution in [0.4, 0.5) is 5.69 Å². The largest absolute Gasteiger partial charge is 0.371 e.